The third-order valence-corrected chi connectivity index (χ3v) is 3.42. The van der Waals surface area contributed by atoms with Crippen LogP contribution in [-0.4, -0.2) is 12.5 Å². The highest BCUT2D eigenvalue weighted by Crippen LogP contribution is 2.41. The second kappa shape index (κ2) is 5.40. The van der Waals surface area contributed by atoms with Crippen LogP contribution in [0.5, 0.6) is 0 Å². The van der Waals surface area contributed by atoms with Crippen molar-refractivity contribution in [3.8, 4) is 0 Å². The molecule has 1 rings (SSSR count). The minimum Gasteiger partial charge on any atom is -0.301 e. The van der Waals surface area contributed by atoms with Crippen LogP contribution in [-0.2, 0) is 3.79 Å². The van der Waals surface area contributed by atoms with Crippen LogP contribution >= 0.6 is 93.1 Å². The molecule has 0 aliphatic heterocycles. The predicted molar refractivity (Wildman–Crippen MR) is 70.6 cm³/mol. The van der Waals surface area contributed by atoms with Crippen molar-refractivity contribution in [3.05, 3.63) is 5.82 Å². The van der Waals surface area contributed by atoms with Crippen molar-refractivity contribution in [2.45, 2.75) is 6.92 Å². The average Bonchev–Trinajstić information content (AvgIpc) is 2.45. The zero-order valence-corrected chi connectivity index (χ0v) is 12.6. The maximum Gasteiger partial charge on any atom is 0.256 e. The zero-order valence-electron chi connectivity index (χ0n) is 6.48. The van der Waals surface area contributed by atoms with Gasteiger partial charge in [-0.2, -0.15) is 9.36 Å². The lowest BCUT2D eigenvalue weighted by Gasteiger charge is -2.08. The fourth-order valence-corrected chi connectivity index (χ4v) is 2.23. The molecule has 0 saturated carbocycles. The Kier molecular flexibility index (Phi) is 5.22. The second-order valence-electron chi connectivity index (χ2n) is 2.07. The molecule has 1 aromatic rings. The van der Waals surface area contributed by atoms with E-state index in [9.17, 15) is 0 Å². The van der Waals surface area contributed by atoms with Crippen LogP contribution in [0.2, 0.25) is 0 Å². The maximum absolute atomic E-state index is 5.56. The standard InChI is InChI=1S/C4HCl6N3S2/c5-3(6,7)1-11-2(14-12-1)13-15-4(8,9)10/h(H,11,12,13). The van der Waals surface area contributed by atoms with Gasteiger partial charge in [-0.3, -0.25) is 0 Å². The Labute approximate surface area is 124 Å². The smallest absolute Gasteiger partial charge is 0.256 e. The van der Waals surface area contributed by atoms with E-state index >= 15 is 0 Å². The van der Waals surface area contributed by atoms with Gasteiger partial charge in [0.05, 0.1) is 0 Å². The lowest BCUT2D eigenvalue weighted by Crippen LogP contribution is -2.03. The molecule has 0 aliphatic rings. The van der Waals surface area contributed by atoms with Gasteiger partial charge < -0.3 is 4.72 Å². The summed E-state index contributed by atoms with van der Waals surface area (Å²) in [5.41, 5.74) is 0. The molecule has 0 saturated heterocycles. The largest absolute Gasteiger partial charge is 0.301 e. The van der Waals surface area contributed by atoms with Gasteiger partial charge in [-0.05, 0) is 0 Å². The SMILES string of the molecule is ClC(Cl)(Cl)SNc1nc(C(Cl)(Cl)Cl)ns1. The van der Waals surface area contributed by atoms with E-state index in [1.165, 1.54) is 0 Å². The zero-order chi connectivity index (χ0) is 11.7. The topological polar surface area (TPSA) is 37.8 Å². The van der Waals surface area contributed by atoms with Crippen molar-refractivity contribution >= 4 is 98.2 Å². The van der Waals surface area contributed by atoms with Gasteiger partial charge >= 0.3 is 0 Å². The summed E-state index contributed by atoms with van der Waals surface area (Å²) in [6.07, 6.45) is 0. The van der Waals surface area contributed by atoms with E-state index in [1.807, 2.05) is 0 Å². The number of anilines is 1. The molecule has 0 atom stereocenters. The van der Waals surface area contributed by atoms with Crippen molar-refractivity contribution in [2.75, 3.05) is 4.72 Å². The Morgan fingerprint density at radius 3 is 2.13 bits per heavy atom. The van der Waals surface area contributed by atoms with Gasteiger partial charge in [0.15, 0.2) is 5.82 Å². The summed E-state index contributed by atoms with van der Waals surface area (Å²) in [7, 11) is 0. The fraction of sp³-hybridized carbons (Fsp3) is 0.500. The van der Waals surface area contributed by atoms with Crippen molar-refractivity contribution in [2.24, 2.45) is 0 Å². The summed E-state index contributed by atoms with van der Waals surface area (Å²) >= 11 is 35.0. The third-order valence-electron chi connectivity index (χ3n) is 0.934. The van der Waals surface area contributed by atoms with Crippen LogP contribution in [0.1, 0.15) is 5.82 Å². The van der Waals surface area contributed by atoms with E-state index in [0.29, 0.717) is 5.13 Å². The van der Waals surface area contributed by atoms with E-state index in [2.05, 4.69) is 14.1 Å². The van der Waals surface area contributed by atoms with Crippen LogP contribution in [0.4, 0.5) is 5.13 Å². The Morgan fingerprint density at radius 2 is 1.73 bits per heavy atom. The number of nitrogens with zero attached hydrogens (tertiary/aromatic N) is 2. The van der Waals surface area contributed by atoms with Crippen LogP contribution in [0, 0.1) is 0 Å². The first-order valence-corrected chi connectivity index (χ1v) is 6.96. The predicted octanol–water partition coefficient (Wildman–Crippen LogP) is 4.75. The highest BCUT2D eigenvalue weighted by molar-refractivity contribution is 8.06. The molecule has 3 nitrogen and oxygen atoms in total. The van der Waals surface area contributed by atoms with Crippen LogP contribution in [0.25, 0.3) is 0 Å². The molecule has 86 valence electrons. The van der Waals surface area contributed by atoms with E-state index in [0.717, 1.165) is 23.5 Å². The van der Waals surface area contributed by atoms with E-state index < -0.39 is 6.92 Å². The molecule has 0 radical (unpaired) electrons. The lowest BCUT2D eigenvalue weighted by molar-refractivity contribution is 1.05. The summed E-state index contributed by atoms with van der Waals surface area (Å²) in [6.45, 7) is 0. The van der Waals surface area contributed by atoms with Crippen LogP contribution in [0.15, 0.2) is 0 Å². The van der Waals surface area contributed by atoms with Gasteiger partial charge in [-0.1, -0.05) is 69.6 Å². The number of hydrogen-bond donors (Lipinski definition) is 1. The first-order valence-electron chi connectivity index (χ1n) is 3.10. The minimum atomic E-state index is -1.65. The quantitative estimate of drug-likeness (QED) is 0.604. The van der Waals surface area contributed by atoms with Crippen molar-refractivity contribution in [1.82, 2.24) is 9.36 Å². The Morgan fingerprint density at radius 1 is 1.13 bits per heavy atom. The molecule has 0 spiro atoms. The highest BCUT2D eigenvalue weighted by atomic mass is 35.6. The number of rotatable bonds is 2. The molecule has 0 amide bonds. The lowest BCUT2D eigenvalue weighted by atomic mass is 10.7. The molecule has 1 N–H and O–H groups in total. The van der Waals surface area contributed by atoms with Crippen molar-refractivity contribution < 1.29 is 0 Å². The summed E-state index contributed by atoms with van der Waals surface area (Å²) in [4.78, 5) is 3.89. The number of halogens is 6. The number of hydrogen-bond acceptors (Lipinski definition) is 5. The van der Waals surface area contributed by atoms with Gasteiger partial charge in [0.2, 0.25) is 5.13 Å². The van der Waals surface area contributed by atoms with Gasteiger partial charge in [-0.15, -0.1) is 0 Å². The number of alkyl halides is 6. The average molecular weight is 368 g/mol. The third kappa shape index (κ3) is 5.55. The highest BCUT2D eigenvalue weighted by Gasteiger charge is 2.29. The van der Waals surface area contributed by atoms with Crippen molar-refractivity contribution in [1.29, 1.82) is 0 Å². The van der Waals surface area contributed by atoms with Gasteiger partial charge in [0.25, 0.3) is 6.92 Å². The van der Waals surface area contributed by atoms with Gasteiger partial charge in [0, 0.05) is 23.5 Å². The summed E-state index contributed by atoms with van der Waals surface area (Å²) < 4.78 is 3.34. The molecule has 1 aromatic heterocycles. The molecule has 0 unspecified atom stereocenters. The molecule has 15 heavy (non-hydrogen) atoms. The normalized spacial score (nSPS) is 12.9. The molecular formula is C4HCl6N3S2. The minimum absolute atomic E-state index is 0.0740. The van der Waals surface area contributed by atoms with Crippen LogP contribution < -0.4 is 4.72 Å². The molecule has 0 bridgehead atoms. The number of aromatic nitrogens is 2. The Bertz CT molecular complexity index is 330. The monoisotopic (exact) mass is 365 g/mol. The summed E-state index contributed by atoms with van der Waals surface area (Å²) in [6, 6.07) is 0. The summed E-state index contributed by atoms with van der Waals surface area (Å²) in [5, 5.41) is 0.382. The first-order chi connectivity index (χ1) is 6.68. The molecular weight excluding hydrogens is 367 g/mol. The van der Waals surface area contributed by atoms with Gasteiger partial charge in [0.1, 0.15) is 0 Å². The van der Waals surface area contributed by atoms with E-state index in [4.69, 9.17) is 69.6 Å². The van der Waals surface area contributed by atoms with Crippen molar-refractivity contribution in [3.63, 3.8) is 0 Å². The second-order valence-corrected chi connectivity index (χ2v) is 9.08. The molecule has 0 fully saturated rings. The first kappa shape index (κ1) is 14.5. The van der Waals surface area contributed by atoms with E-state index in [-0.39, 0.29) is 5.82 Å². The summed E-state index contributed by atoms with van der Waals surface area (Å²) in [5.74, 6) is 0.0740. The fourth-order valence-electron chi connectivity index (χ4n) is 0.482. The van der Waals surface area contributed by atoms with Gasteiger partial charge in [-0.25, -0.2) is 0 Å². The van der Waals surface area contributed by atoms with E-state index in [1.54, 1.807) is 0 Å². The number of nitrogens with one attached hydrogen (secondary N) is 1. The Hall–Kier alpha value is 1.45. The molecule has 0 aliphatic carbocycles. The maximum atomic E-state index is 5.56. The molecule has 11 heteroatoms. The Balaban J connectivity index is 2.62. The molecule has 1 heterocycles. The van der Waals surface area contributed by atoms with Crippen LogP contribution in [0.3, 0.4) is 0 Å². The molecule has 0 aromatic carbocycles.